The van der Waals surface area contributed by atoms with E-state index in [0.29, 0.717) is 22.4 Å². The largest absolute Gasteiger partial charge is 0.473 e. The second-order valence-corrected chi connectivity index (χ2v) is 9.59. The lowest BCUT2D eigenvalue weighted by atomic mass is 9.93. The number of aromatic nitrogens is 2. The van der Waals surface area contributed by atoms with Gasteiger partial charge in [0.1, 0.15) is 18.2 Å². The molecule has 0 saturated carbocycles. The van der Waals surface area contributed by atoms with Crippen LogP contribution in [0.2, 0.25) is 5.02 Å². The Bertz CT molecular complexity index is 1240. The van der Waals surface area contributed by atoms with Gasteiger partial charge in [-0.1, -0.05) is 35.9 Å². The summed E-state index contributed by atoms with van der Waals surface area (Å²) in [6, 6.07) is 11.0. The number of nitrogens with zero attached hydrogens (tertiary/aromatic N) is 4. The number of fused-ring (bicyclic) bond motifs is 1. The quantitative estimate of drug-likeness (QED) is 0.191. The molecule has 0 radical (unpaired) electrons. The number of benzene rings is 2. The lowest BCUT2D eigenvalue weighted by molar-refractivity contribution is 0.173. The molecule has 2 aromatic carbocycles. The van der Waals surface area contributed by atoms with Crippen LogP contribution in [-0.2, 0) is 24.9 Å². The summed E-state index contributed by atoms with van der Waals surface area (Å²) in [5.74, 6) is 1.75. The Balaban J connectivity index is 1.22. The van der Waals surface area contributed by atoms with Crippen LogP contribution >= 0.6 is 11.6 Å². The minimum absolute atomic E-state index is 0.0747. The van der Waals surface area contributed by atoms with Gasteiger partial charge in [-0.15, -0.1) is 0 Å². The van der Waals surface area contributed by atoms with Gasteiger partial charge in [0, 0.05) is 17.6 Å². The topological polar surface area (TPSA) is 42.7 Å². The van der Waals surface area contributed by atoms with E-state index in [-0.39, 0.29) is 6.61 Å². The van der Waals surface area contributed by atoms with Gasteiger partial charge in [-0.05, 0) is 87.8 Å². The molecule has 184 valence electrons. The van der Waals surface area contributed by atoms with Crippen LogP contribution < -0.4 is 0 Å². The van der Waals surface area contributed by atoms with Gasteiger partial charge in [-0.2, -0.15) is 0 Å². The smallest absolute Gasteiger partial charge is 0.212 e. The summed E-state index contributed by atoms with van der Waals surface area (Å²) in [7, 11) is 2.10. The number of imidazole rings is 1. The molecule has 0 N–H and O–H groups in total. The normalized spacial score (nSPS) is 15.8. The molecule has 2 heterocycles. The number of likely N-dealkylation sites (tertiary alicyclic amines) is 1. The minimum atomic E-state index is -0.394. The average Bonchev–Trinajstić information content (AvgIpc) is 3.14. The summed E-state index contributed by atoms with van der Waals surface area (Å²) >= 11 is 5.79. The summed E-state index contributed by atoms with van der Waals surface area (Å²) in [4.78, 5) is 11.2. The number of aliphatic imine (C=N–C) groups is 1. The predicted octanol–water partition coefficient (Wildman–Crippen LogP) is 6.59. The van der Waals surface area contributed by atoms with Crippen molar-refractivity contribution < 1.29 is 9.13 Å². The molecule has 5 nitrogen and oxygen atoms in total. The molecule has 7 heteroatoms. The van der Waals surface area contributed by atoms with Crippen LogP contribution in [0.4, 0.5) is 4.39 Å². The van der Waals surface area contributed by atoms with Crippen LogP contribution in [0.25, 0.3) is 11.0 Å². The third-order valence-electron chi connectivity index (χ3n) is 6.59. The van der Waals surface area contributed by atoms with Gasteiger partial charge >= 0.3 is 0 Å². The fraction of sp³-hybridized carbons (Fsp3) is 0.357. The van der Waals surface area contributed by atoms with E-state index >= 15 is 0 Å². The Labute approximate surface area is 211 Å². The Kier molecular flexibility index (Phi) is 8.37. The molecule has 0 spiro atoms. The molecule has 0 unspecified atom stereocenters. The van der Waals surface area contributed by atoms with Crippen LogP contribution in [0, 0.1) is 18.7 Å². The van der Waals surface area contributed by atoms with Crippen LogP contribution in [0.5, 0.6) is 0 Å². The highest BCUT2D eigenvalue weighted by atomic mass is 35.5. The highest BCUT2D eigenvalue weighted by Gasteiger charge is 2.20. The number of aryl methyl sites for hydroxylation is 2. The van der Waals surface area contributed by atoms with Crippen LogP contribution in [0.3, 0.4) is 0 Å². The summed E-state index contributed by atoms with van der Waals surface area (Å²) in [5, 5.41) is 0.359. The third kappa shape index (κ3) is 6.59. The van der Waals surface area contributed by atoms with E-state index in [1.165, 1.54) is 17.1 Å². The van der Waals surface area contributed by atoms with Crippen molar-refractivity contribution in [3.8, 4) is 0 Å². The Hall–Kier alpha value is -2.96. The highest BCUT2D eigenvalue weighted by Crippen LogP contribution is 2.24. The molecule has 1 fully saturated rings. The zero-order valence-electron chi connectivity index (χ0n) is 20.4. The number of piperidine rings is 1. The standard InChI is InChI=1S/C28H32ClFN4O/c1-20-8-11-26-25(16-20)32-27(33(26)3)18-34-14-12-21(13-15-34)6-4-5-7-28(31-2)35-19-22-9-10-23(29)17-24(22)30/h4-5,7-11,16-17,21H,2,6,12-15,18-19H2,1,3H3/b5-4-,28-7+. The van der Waals surface area contributed by atoms with E-state index < -0.39 is 5.82 Å². The van der Waals surface area contributed by atoms with Gasteiger partial charge in [0.15, 0.2) is 0 Å². The van der Waals surface area contributed by atoms with Gasteiger partial charge in [-0.3, -0.25) is 4.90 Å². The van der Waals surface area contributed by atoms with Crippen molar-refractivity contribution in [2.45, 2.75) is 39.3 Å². The van der Waals surface area contributed by atoms with E-state index in [2.05, 4.69) is 59.4 Å². The van der Waals surface area contributed by atoms with Crippen molar-refractivity contribution in [2.75, 3.05) is 13.1 Å². The van der Waals surface area contributed by atoms with Crippen molar-refractivity contribution in [1.82, 2.24) is 14.5 Å². The SMILES string of the molecule is C=N/C(=C\C=C/CC1CCN(Cc2nc3cc(C)ccc3n2C)CC1)OCc1ccc(Cl)cc1F. The summed E-state index contributed by atoms with van der Waals surface area (Å²) in [5.41, 5.74) is 3.93. The molecule has 0 atom stereocenters. The van der Waals surface area contributed by atoms with Gasteiger partial charge in [0.2, 0.25) is 5.88 Å². The molecule has 1 saturated heterocycles. The molecule has 0 bridgehead atoms. The number of hydrogen-bond donors (Lipinski definition) is 0. The van der Waals surface area contributed by atoms with Crippen molar-refractivity contribution >= 4 is 29.4 Å². The molecular weight excluding hydrogens is 463 g/mol. The molecule has 4 rings (SSSR count). The summed E-state index contributed by atoms with van der Waals surface area (Å²) < 4.78 is 21.7. The molecule has 0 aliphatic carbocycles. The first-order valence-electron chi connectivity index (χ1n) is 12.0. The molecule has 1 aliphatic heterocycles. The number of rotatable bonds is 9. The maximum Gasteiger partial charge on any atom is 0.212 e. The number of halogens is 2. The molecule has 3 aromatic rings. The van der Waals surface area contributed by atoms with Gasteiger partial charge in [0.25, 0.3) is 0 Å². The van der Waals surface area contributed by atoms with Gasteiger partial charge in [-0.25, -0.2) is 14.4 Å². The van der Waals surface area contributed by atoms with E-state index in [1.807, 2.05) is 6.08 Å². The molecular formula is C28H32ClFN4O. The number of hydrogen-bond acceptors (Lipinski definition) is 4. The van der Waals surface area contributed by atoms with Crippen LogP contribution in [0.1, 0.15) is 36.2 Å². The first-order chi connectivity index (χ1) is 16.9. The Morgan fingerprint density at radius 2 is 2.06 bits per heavy atom. The Morgan fingerprint density at radius 1 is 1.26 bits per heavy atom. The second-order valence-electron chi connectivity index (χ2n) is 9.15. The lowest BCUT2D eigenvalue weighted by Crippen LogP contribution is -2.33. The fourth-order valence-electron chi connectivity index (χ4n) is 4.44. The van der Waals surface area contributed by atoms with Crippen LogP contribution in [-0.4, -0.2) is 34.3 Å². The highest BCUT2D eigenvalue weighted by molar-refractivity contribution is 6.30. The monoisotopic (exact) mass is 494 g/mol. The predicted molar refractivity (Wildman–Crippen MR) is 141 cm³/mol. The first-order valence-corrected chi connectivity index (χ1v) is 12.4. The van der Waals surface area contributed by atoms with E-state index in [0.717, 1.165) is 50.2 Å². The zero-order valence-corrected chi connectivity index (χ0v) is 21.1. The fourth-order valence-corrected chi connectivity index (χ4v) is 4.60. The second kappa shape index (κ2) is 11.6. The first kappa shape index (κ1) is 25.1. The summed E-state index contributed by atoms with van der Waals surface area (Å²) in [6.07, 6.45) is 9.18. The lowest BCUT2D eigenvalue weighted by Gasteiger charge is -2.31. The molecule has 0 amide bonds. The van der Waals surface area contributed by atoms with E-state index in [9.17, 15) is 4.39 Å². The van der Waals surface area contributed by atoms with Crippen molar-refractivity contribution in [2.24, 2.45) is 18.0 Å². The maximum absolute atomic E-state index is 13.9. The van der Waals surface area contributed by atoms with Gasteiger partial charge < -0.3 is 9.30 Å². The van der Waals surface area contributed by atoms with Crippen molar-refractivity contribution in [1.29, 1.82) is 0 Å². The molecule has 1 aromatic heterocycles. The molecule has 35 heavy (non-hydrogen) atoms. The Morgan fingerprint density at radius 3 is 2.80 bits per heavy atom. The van der Waals surface area contributed by atoms with E-state index in [1.54, 1.807) is 18.2 Å². The number of allylic oxidation sites excluding steroid dienone is 3. The zero-order chi connectivity index (χ0) is 24.8. The minimum Gasteiger partial charge on any atom is -0.473 e. The summed E-state index contributed by atoms with van der Waals surface area (Å²) in [6.45, 7) is 8.75. The maximum atomic E-state index is 13.9. The molecule has 1 aliphatic rings. The van der Waals surface area contributed by atoms with Crippen molar-refractivity contribution in [3.05, 3.63) is 88.3 Å². The average molecular weight is 495 g/mol. The van der Waals surface area contributed by atoms with Crippen LogP contribution in [0.15, 0.2) is 65.5 Å². The number of ether oxygens (including phenoxy) is 1. The van der Waals surface area contributed by atoms with Crippen molar-refractivity contribution in [3.63, 3.8) is 0 Å². The third-order valence-corrected chi connectivity index (χ3v) is 6.83. The van der Waals surface area contributed by atoms with E-state index in [4.69, 9.17) is 21.3 Å². The van der Waals surface area contributed by atoms with Gasteiger partial charge in [0.05, 0.1) is 17.6 Å².